The maximum Gasteiger partial charge on any atom is 0.153 e. The van der Waals surface area contributed by atoms with E-state index in [1.807, 2.05) is 0 Å². The monoisotopic (exact) mass is 178 g/mol. The quantitative estimate of drug-likeness (QED) is 0.555. The minimum absolute atomic E-state index is 0.191. The third-order valence-corrected chi connectivity index (χ3v) is 1.23. The zero-order valence-electron chi connectivity index (χ0n) is 5.48. The van der Waals surface area contributed by atoms with Crippen LogP contribution in [0.25, 0.3) is 0 Å². The summed E-state index contributed by atoms with van der Waals surface area (Å²) in [6, 6.07) is 0. The van der Waals surface area contributed by atoms with Crippen LogP contribution in [0.5, 0.6) is 0 Å². The van der Waals surface area contributed by atoms with E-state index in [0.717, 1.165) is 6.08 Å². The first-order valence-corrected chi connectivity index (χ1v) is 3.13. The third-order valence-electron chi connectivity index (χ3n) is 0.881. The topological polar surface area (TPSA) is 74.6 Å². The van der Waals surface area contributed by atoms with Crippen molar-refractivity contribution in [2.24, 2.45) is 0 Å². The number of aliphatic hydroxyl groups excluding tert-OH is 2. The van der Waals surface area contributed by atoms with Crippen molar-refractivity contribution in [3.63, 3.8) is 0 Å². The minimum atomic E-state index is -1.47. The number of carbonyl (C=O) groups is 2. The molecule has 0 radical (unpaired) electrons. The van der Waals surface area contributed by atoms with Crippen LogP contribution in [-0.2, 0) is 9.59 Å². The van der Waals surface area contributed by atoms with Gasteiger partial charge in [0.15, 0.2) is 12.6 Å². The molecule has 5 heteroatoms. The Labute approximate surface area is 68.1 Å². The highest BCUT2D eigenvalue weighted by Crippen LogP contribution is 2.06. The average Bonchev–Trinajstić information content (AvgIpc) is 2.02. The summed E-state index contributed by atoms with van der Waals surface area (Å²) in [7, 11) is 0. The maximum absolute atomic E-state index is 9.87. The number of aliphatic hydroxyl groups is 2. The Hall–Kier alpha value is -0.710. The lowest BCUT2D eigenvalue weighted by molar-refractivity contribution is -0.114. The Morgan fingerprint density at radius 1 is 1.27 bits per heavy atom. The van der Waals surface area contributed by atoms with Crippen LogP contribution >= 0.6 is 11.6 Å². The molecule has 0 aromatic heterocycles. The normalized spacial score (nSPS) is 17.2. The first-order valence-electron chi connectivity index (χ1n) is 2.75. The van der Waals surface area contributed by atoms with Crippen molar-refractivity contribution in [3.05, 3.63) is 11.1 Å². The van der Waals surface area contributed by atoms with Gasteiger partial charge < -0.3 is 19.8 Å². The van der Waals surface area contributed by atoms with E-state index in [4.69, 9.17) is 21.8 Å². The first-order chi connectivity index (χ1) is 5.11. The molecular formula is C6H7ClO4. The molecule has 0 aromatic rings. The molecule has 0 rings (SSSR count). The summed E-state index contributed by atoms with van der Waals surface area (Å²) < 4.78 is 0. The van der Waals surface area contributed by atoms with Gasteiger partial charge in [-0.25, -0.2) is 0 Å². The highest BCUT2D eigenvalue weighted by Gasteiger charge is 2.08. The Kier molecular flexibility index (Phi) is 4.69. The predicted molar refractivity (Wildman–Crippen MR) is 38.1 cm³/mol. The van der Waals surface area contributed by atoms with Crippen LogP contribution in [0.3, 0.4) is 0 Å². The lowest BCUT2D eigenvalue weighted by atomic mass is 10.3. The third kappa shape index (κ3) is 3.87. The SMILES string of the molecule is O=CC(O)/C=C(/Cl)C(O)C=O. The molecule has 2 unspecified atom stereocenters. The van der Waals surface area contributed by atoms with Gasteiger partial charge in [0.2, 0.25) is 0 Å². The molecule has 0 saturated heterocycles. The number of rotatable bonds is 4. The second kappa shape index (κ2) is 5.01. The fourth-order valence-corrected chi connectivity index (χ4v) is 0.547. The predicted octanol–water partition coefficient (Wildman–Crippen LogP) is -0.771. The Morgan fingerprint density at radius 3 is 2.18 bits per heavy atom. The largest absolute Gasteiger partial charge is 0.381 e. The molecule has 0 fully saturated rings. The summed E-state index contributed by atoms with van der Waals surface area (Å²) in [5.74, 6) is 0. The van der Waals surface area contributed by atoms with Gasteiger partial charge in [-0.15, -0.1) is 0 Å². The number of hydrogen-bond acceptors (Lipinski definition) is 4. The Bertz CT molecular complexity index is 177. The van der Waals surface area contributed by atoms with E-state index in [1.165, 1.54) is 0 Å². The Balaban J connectivity index is 4.19. The molecule has 0 bridgehead atoms. The van der Waals surface area contributed by atoms with E-state index >= 15 is 0 Å². The summed E-state index contributed by atoms with van der Waals surface area (Å²) in [6.45, 7) is 0. The molecule has 0 aliphatic rings. The lowest BCUT2D eigenvalue weighted by Gasteiger charge is -2.00. The van der Waals surface area contributed by atoms with E-state index in [2.05, 4.69) is 0 Å². The molecule has 0 aromatic carbocycles. The highest BCUT2D eigenvalue weighted by molar-refractivity contribution is 6.31. The second-order valence-electron chi connectivity index (χ2n) is 1.76. The fourth-order valence-electron chi connectivity index (χ4n) is 0.366. The Morgan fingerprint density at radius 2 is 1.82 bits per heavy atom. The molecule has 0 aliphatic carbocycles. The molecule has 0 amide bonds. The number of halogens is 1. The molecule has 0 saturated carbocycles. The molecule has 62 valence electrons. The van der Waals surface area contributed by atoms with Gasteiger partial charge in [-0.1, -0.05) is 11.6 Å². The maximum atomic E-state index is 9.87. The molecule has 0 heterocycles. The van der Waals surface area contributed by atoms with Gasteiger partial charge in [0.1, 0.15) is 12.2 Å². The minimum Gasteiger partial charge on any atom is -0.381 e. The highest BCUT2D eigenvalue weighted by atomic mass is 35.5. The summed E-state index contributed by atoms with van der Waals surface area (Å²) in [6.07, 6.45) is -1.55. The van der Waals surface area contributed by atoms with Gasteiger partial charge in [0.05, 0.1) is 5.03 Å². The van der Waals surface area contributed by atoms with Crippen LogP contribution < -0.4 is 0 Å². The zero-order chi connectivity index (χ0) is 8.85. The van der Waals surface area contributed by atoms with Gasteiger partial charge in [0.25, 0.3) is 0 Å². The van der Waals surface area contributed by atoms with E-state index in [1.54, 1.807) is 0 Å². The molecule has 0 aliphatic heterocycles. The molecule has 11 heavy (non-hydrogen) atoms. The summed E-state index contributed by atoms with van der Waals surface area (Å²) in [4.78, 5) is 19.7. The average molecular weight is 179 g/mol. The van der Waals surface area contributed by atoms with Crippen molar-refractivity contribution in [2.45, 2.75) is 12.2 Å². The van der Waals surface area contributed by atoms with E-state index in [0.29, 0.717) is 0 Å². The number of hydrogen-bond donors (Lipinski definition) is 2. The summed E-state index contributed by atoms with van der Waals surface area (Å²) in [5.41, 5.74) is 0. The van der Waals surface area contributed by atoms with Gasteiger partial charge in [-0.2, -0.15) is 0 Å². The van der Waals surface area contributed by atoms with Crippen molar-refractivity contribution in [1.29, 1.82) is 0 Å². The van der Waals surface area contributed by atoms with Crippen LogP contribution in [0.1, 0.15) is 0 Å². The van der Waals surface area contributed by atoms with Crippen LogP contribution in [0, 0.1) is 0 Å². The smallest absolute Gasteiger partial charge is 0.153 e. The van der Waals surface area contributed by atoms with Crippen LogP contribution in [0.15, 0.2) is 11.1 Å². The van der Waals surface area contributed by atoms with Crippen molar-refractivity contribution >= 4 is 24.2 Å². The standard InChI is InChI=1S/C6H7ClO4/c7-5(6(11)3-9)1-4(10)2-8/h1-4,6,10-11H/b5-1+. The molecule has 2 N–H and O–H groups in total. The first kappa shape index (κ1) is 10.3. The lowest BCUT2D eigenvalue weighted by Crippen LogP contribution is -2.12. The number of carbonyl (C=O) groups excluding carboxylic acids is 2. The van der Waals surface area contributed by atoms with Crippen LogP contribution in [0.2, 0.25) is 0 Å². The van der Waals surface area contributed by atoms with E-state index in [-0.39, 0.29) is 17.6 Å². The fraction of sp³-hybridized carbons (Fsp3) is 0.333. The van der Waals surface area contributed by atoms with Gasteiger partial charge in [0, 0.05) is 0 Å². The van der Waals surface area contributed by atoms with E-state index < -0.39 is 12.2 Å². The molecule has 4 nitrogen and oxygen atoms in total. The molecule has 2 atom stereocenters. The number of aldehydes is 2. The van der Waals surface area contributed by atoms with Gasteiger partial charge in [-0.05, 0) is 6.08 Å². The van der Waals surface area contributed by atoms with Gasteiger partial charge >= 0.3 is 0 Å². The van der Waals surface area contributed by atoms with E-state index in [9.17, 15) is 9.59 Å². The molecule has 0 spiro atoms. The van der Waals surface area contributed by atoms with Crippen LogP contribution in [-0.4, -0.2) is 35.0 Å². The van der Waals surface area contributed by atoms with Crippen LogP contribution in [0.4, 0.5) is 0 Å². The molecular weight excluding hydrogens is 172 g/mol. The van der Waals surface area contributed by atoms with Crippen molar-refractivity contribution < 1.29 is 19.8 Å². The zero-order valence-corrected chi connectivity index (χ0v) is 6.23. The summed E-state index contributed by atoms with van der Waals surface area (Å²) in [5, 5.41) is 17.0. The van der Waals surface area contributed by atoms with Crippen molar-refractivity contribution in [2.75, 3.05) is 0 Å². The van der Waals surface area contributed by atoms with Gasteiger partial charge in [-0.3, -0.25) is 0 Å². The van der Waals surface area contributed by atoms with Crippen molar-refractivity contribution in [3.8, 4) is 0 Å². The summed E-state index contributed by atoms with van der Waals surface area (Å²) >= 11 is 5.27. The second-order valence-corrected chi connectivity index (χ2v) is 2.20. The van der Waals surface area contributed by atoms with Crippen molar-refractivity contribution in [1.82, 2.24) is 0 Å².